The van der Waals surface area contributed by atoms with Crippen molar-refractivity contribution in [3.8, 4) is 0 Å². The Morgan fingerprint density at radius 1 is 1.35 bits per heavy atom. The fourth-order valence-corrected chi connectivity index (χ4v) is 2.34. The molecule has 1 heterocycles. The molecule has 1 saturated heterocycles. The van der Waals surface area contributed by atoms with Crippen LogP contribution in [0, 0.1) is 6.92 Å². The smallest absolute Gasteiger partial charge is 0.223 e. The Kier molecular flexibility index (Phi) is 3.79. The minimum Gasteiger partial charge on any atom is -0.334 e. The molecular formula is C14H20N2O. The number of hydrogen-bond donors (Lipinski definition) is 1. The first-order valence-electron chi connectivity index (χ1n) is 6.26. The molecule has 3 nitrogen and oxygen atoms in total. The van der Waals surface area contributed by atoms with Crippen LogP contribution in [0.15, 0.2) is 24.3 Å². The predicted octanol–water partition coefficient (Wildman–Crippen LogP) is 1.83. The van der Waals surface area contributed by atoms with Crippen molar-refractivity contribution in [1.29, 1.82) is 0 Å². The summed E-state index contributed by atoms with van der Waals surface area (Å²) in [6, 6.07) is 8.57. The zero-order valence-electron chi connectivity index (χ0n) is 10.4. The Hall–Kier alpha value is -1.35. The van der Waals surface area contributed by atoms with Crippen LogP contribution < -0.4 is 5.73 Å². The maximum Gasteiger partial charge on any atom is 0.223 e. The summed E-state index contributed by atoms with van der Waals surface area (Å²) in [5, 5.41) is 0. The minimum atomic E-state index is 0.220. The van der Waals surface area contributed by atoms with Crippen molar-refractivity contribution in [2.75, 3.05) is 6.54 Å². The van der Waals surface area contributed by atoms with E-state index >= 15 is 0 Å². The molecular weight excluding hydrogens is 212 g/mol. The molecule has 2 N–H and O–H groups in total. The van der Waals surface area contributed by atoms with Crippen molar-refractivity contribution < 1.29 is 4.79 Å². The topological polar surface area (TPSA) is 46.3 Å². The van der Waals surface area contributed by atoms with Crippen LogP contribution in [0.3, 0.4) is 0 Å². The van der Waals surface area contributed by atoms with Crippen LogP contribution in [0.25, 0.3) is 0 Å². The quantitative estimate of drug-likeness (QED) is 0.864. The summed E-state index contributed by atoms with van der Waals surface area (Å²) in [5.74, 6) is 0.243. The zero-order chi connectivity index (χ0) is 12.3. The summed E-state index contributed by atoms with van der Waals surface area (Å²) in [5.41, 5.74) is 8.17. The van der Waals surface area contributed by atoms with Gasteiger partial charge in [-0.15, -0.1) is 0 Å². The van der Waals surface area contributed by atoms with Gasteiger partial charge in [0.05, 0.1) is 0 Å². The second-order valence-corrected chi connectivity index (χ2v) is 4.79. The molecule has 0 saturated carbocycles. The lowest BCUT2D eigenvalue weighted by molar-refractivity contribution is -0.136. The molecule has 3 heteroatoms. The zero-order valence-corrected chi connectivity index (χ0v) is 10.4. The van der Waals surface area contributed by atoms with E-state index in [-0.39, 0.29) is 11.9 Å². The summed E-state index contributed by atoms with van der Waals surface area (Å²) in [6.45, 7) is 3.33. The fourth-order valence-electron chi connectivity index (χ4n) is 2.34. The highest BCUT2D eigenvalue weighted by Crippen LogP contribution is 2.20. The Balaban J connectivity index is 2.09. The van der Waals surface area contributed by atoms with Crippen molar-refractivity contribution in [3.05, 3.63) is 35.4 Å². The fraction of sp³-hybridized carbons (Fsp3) is 0.500. The average Bonchev–Trinajstić information content (AvgIpc) is 2.34. The van der Waals surface area contributed by atoms with Gasteiger partial charge in [0.1, 0.15) is 0 Å². The average molecular weight is 232 g/mol. The highest BCUT2D eigenvalue weighted by atomic mass is 16.2. The first-order valence-corrected chi connectivity index (χ1v) is 6.26. The Labute approximate surface area is 103 Å². The van der Waals surface area contributed by atoms with Gasteiger partial charge in [-0.25, -0.2) is 0 Å². The van der Waals surface area contributed by atoms with Crippen LogP contribution in [-0.4, -0.2) is 23.4 Å². The first kappa shape index (κ1) is 12.1. The molecule has 1 aromatic rings. The SMILES string of the molecule is Cc1ccc(CN2C(=O)CCC[C@H]2CN)cc1. The maximum absolute atomic E-state index is 11.9. The van der Waals surface area contributed by atoms with Gasteiger partial charge in [-0.1, -0.05) is 29.8 Å². The number of carbonyl (C=O) groups excluding carboxylic acids is 1. The van der Waals surface area contributed by atoms with Gasteiger partial charge in [-0.05, 0) is 25.3 Å². The number of amides is 1. The van der Waals surface area contributed by atoms with E-state index in [1.165, 1.54) is 11.1 Å². The highest BCUT2D eigenvalue weighted by molar-refractivity contribution is 5.77. The Bertz CT molecular complexity index is 386. The van der Waals surface area contributed by atoms with Gasteiger partial charge in [0.25, 0.3) is 0 Å². The number of piperidine rings is 1. The normalized spacial score (nSPS) is 20.7. The van der Waals surface area contributed by atoms with E-state index in [1.54, 1.807) is 0 Å². The van der Waals surface area contributed by atoms with Gasteiger partial charge in [0, 0.05) is 25.6 Å². The second-order valence-electron chi connectivity index (χ2n) is 4.79. The molecule has 1 amide bonds. The number of hydrogen-bond acceptors (Lipinski definition) is 2. The first-order chi connectivity index (χ1) is 8.20. The molecule has 0 spiro atoms. The Morgan fingerprint density at radius 2 is 2.06 bits per heavy atom. The number of likely N-dealkylation sites (tertiary alicyclic amines) is 1. The van der Waals surface area contributed by atoms with Crippen LogP contribution in [0.5, 0.6) is 0 Å². The summed E-state index contributed by atoms with van der Waals surface area (Å²) >= 11 is 0. The van der Waals surface area contributed by atoms with Crippen LogP contribution in [0.2, 0.25) is 0 Å². The molecule has 0 bridgehead atoms. The lowest BCUT2D eigenvalue weighted by Gasteiger charge is -2.35. The lowest BCUT2D eigenvalue weighted by Crippen LogP contribution is -2.46. The van der Waals surface area contributed by atoms with Gasteiger partial charge in [-0.3, -0.25) is 4.79 Å². The number of rotatable bonds is 3. The van der Waals surface area contributed by atoms with Gasteiger partial charge in [-0.2, -0.15) is 0 Å². The predicted molar refractivity (Wildman–Crippen MR) is 68.4 cm³/mol. The van der Waals surface area contributed by atoms with Gasteiger partial charge in [0.2, 0.25) is 5.91 Å². The second kappa shape index (κ2) is 5.32. The molecule has 0 radical (unpaired) electrons. The number of aryl methyl sites for hydroxylation is 1. The molecule has 2 rings (SSSR count). The summed E-state index contributed by atoms with van der Waals surface area (Å²) in [6.07, 6.45) is 2.68. The summed E-state index contributed by atoms with van der Waals surface area (Å²) in [7, 11) is 0. The molecule has 92 valence electrons. The number of nitrogens with two attached hydrogens (primary N) is 1. The molecule has 0 aromatic heterocycles. The monoisotopic (exact) mass is 232 g/mol. The van der Waals surface area contributed by atoms with Gasteiger partial charge < -0.3 is 10.6 Å². The highest BCUT2D eigenvalue weighted by Gasteiger charge is 2.26. The van der Waals surface area contributed by atoms with Gasteiger partial charge in [0.15, 0.2) is 0 Å². The van der Waals surface area contributed by atoms with Crippen LogP contribution in [0.4, 0.5) is 0 Å². The summed E-state index contributed by atoms with van der Waals surface area (Å²) < 4.78 is 0. The molecule has 1 atom stereocenters. The van der Waals surface area contributed by atoms with Crippen molar-refractivity contribution in [1.82, 2.24) is 4.90 Å². The molecule has 1 aliphatic heterocycles. The van der Waals surface area contributed by atoms with Crippen LogP contribution in [-0.2, 0) is 11.3 Å². The van der Waals surface area contributed by atoms with E-state index in [0.717, 1.165) is 12.8 Å². The van der Waals surface area contributed by atoms with E-state index in [2.05, 4.69) is 31.2 Å². The number of carbonyl (C=O) groups is 1. The molecule has 1 fully saturated rings. The number of nitrogens with zero attached hydrogens (tertiary/aromatic N) is 1. The molecule has 1 aromatic carbocycles. The van der Waals surface area contributed by atoms with E-state index in [9.17, 15) is 4.79 Å². The molecule has 1 aliphatic rings. The summed E-state index contributed by atoms with van der Waals surface area (Å²) in [4.78, 5) is 13.8. The van der Waals surface area contributed by atoms with Gasteiger partial charge >= 0.3 is 0 Å². The third-order valence-corrected chi connectivity index (χ3v) is 3.43. The third-order valence-electron chi connectivity index (χ3n) is 3.43. The van der Waals surface area contributed by atoms with Crippen molar-refractivity contribution >= 4 is 5.91 Å². The Morgan fingerprint density at radius 3 is 2.71 bits per heavy atom. The molecule has 17 heavy (non-hydrogen) atoms. The standard InChI is InChI=1S/C14H20N2O/c1-11-5-7-12(8-6-11)10-16-13(9-15)3-2-4-14(16)17/h5-8,13H,2-4,9-10,15H2,1H3/t13-/m0/s1. The van der Waals surface area contributed by atoms with Crippen molar-refractivity contribution in [2.45, 2.75) is 38.8 Å². The van der Waals surface area contributed by atoms with E-state index < -0.39 is 0 Å². The van der Waals surface area contributed by atoms with E-state index in [4.69, 9.17) is 5.73 Å². The molecule has 0 unspecified atom stereocenters. The van der Waals surface area contributed by atoms with E-state index in [0.29, 0.717) is 19.5 Å². The van der Waals surface area contributed by atoms with Crippen LogP contribution in [0.1, 0.15) is 30.4 Å². The van der Waals surface area contributed by atoms with Crippen molar-refractivity contribution in [3.63, 3.8) is 0 Å². The minimum absolute atomic E-state index is 0.220. The lowest BCUT2D eigenvalue weighted by atomic mass is 10.0. The molecule has 0 aliphatic carbocycles. The largest absolute Gasteiger partial charge is 0.334 e. The number of benzene rings is 1. The third kappa shape index (κ3) is 2.86. The van der Waals surface area contributed by atoms with Crippen molar-refractivity contribution in [2.24, 2.45) is 5.73 Å². The maximum atomic E-state index is 11.9. The van der Waals surface area contributed by atoms with Crippen LogP contribution >= 0.6 is 0 Å². The van der Waals surface area contributed by atoms with E-state index in [1.807, 2.05) is 4.90 Å².